The van der Waals surface area contributed by atoms with E-state index in [9.17, 15) is 13.2 Å². The molecule has 1 saturated heterocycles. The Labute approximate surface area is 199 Å². The number of nitrogens with zero attached hydrogens (tertiary/aromatic N) is 1. The SMILES string of the molecule is COc1ccc(S(=O)(=O)N2CCOCC2)cc1NC(=O)CN[C@H](C)c1cccc2ccccc12. The molecule has 3 aromatic rings. The molecule has 1 heterocycles. The van der Waals surface area contributed by atoms with Gasteiger partial charge < -0.3 is 20.1 Å². The van der Waals surface area contributed by atoms with E-state index in [4.69, 9.17) is 9.47 Å². The van der Waals surface area contributed by atoms with Crippen molar-refractivity contribution in [1.29, 1.82) is 0 Å². The van der Waals surface area contributed by atoms with Crippen LogP contribution >= 0.6 is 0 Å². The van der Waals surface area contributed by atoms with Crippen LogP contribution in [-0.2, 0) is 19.6 Å². The van der Waals surface area contributed by atoms with E-state index in [1.165, 1.54) is 23.5 Å². The lowest BCUT2D eigenvalue weighted by Crippen LogP contribution is -2.40. The van der Waals surface area contributed by atoms with E-state index in [-0.39, 0.29) is 23.4 Å². The van der Waals surface area contributed by atoms with Crippen LogP contribution in [-0.4, -0.2) is 58.6 Å². The molecule has 4 rings (SSSR count). The second-order valence-corrected chi connectivity index (χ2v) is 10.0. The molecule has 1 aliphatic rings. The first kappa shape index (κ1) is 24.2. The van der Waals surface area contributed by atoms with Gasteiger partial charge in [0.25, 0.3) is 0 Å². The summed E-state index contributed by atoms with van der Waals surface area (Å²) in [4.78, 5) is 12.8. The van der Waals surface area contributed by atoms with Gasteiger partial charge >= 0.3 is 0 Å². The molecule has 180 valence electrons. The Morgan fingerprint density at radius 2 is 1.82 bits per heavy atom. The largest absolute Gasteiger partial charge is 0.495 e. The van der Waals surface area contributed by atoms with E-state index in [0.29, 0.717) is 37.7 Å². The van der Waals surface area contributed by atoms with E-state index < -0.39 is 10.0 Å². The molecule has 1 aliphatic heterocycles. The average molecular weight is 484 g/mol. The molecule has 1 atom stereocenters. The Hall–Kier alpha value is -2.98. The van der Waals surface area contributed by atoms with E-state index in [0.717, 1.165) is 16.3 Å². The molecule has 0 radical (unpaired) electrons. The van der Waals surface area contributed by atoms with Crippen LogP contribution in [0, 0.1) is 0 Å². The minimum Gasteiger partial charge on any atom is -0.495 e. The number of fused-ring (bicyclic) bond motifs is 1. The number of nitrogens with one attached hydrogen (secondary N) is 2. The summed E-state index contributed by atoms with van der Waals surface area (Å²) in [5, 5.41) is 8.31. The minimum absolute atomic E-state index is 0.0496. The van der Waals surface area contributed by atoms with Gasteiger partial charge in [-0.2, -0.15) is 4.31 Å². The van der Waals surface area contributed by atoms with Crippen molar-refractivity contribution < 1.29 is 22.7 Å². The number of rotatable bonds is 8. The van der Waals surface area contributed by atoms with Crippen LogP contribution in [0.2, 0.25) is 0 Å². The van der Waals surface area contributed by atoms with Gasteiger partial charge in [0.15, 0.2) is 0 Å². The highest BCUT2D eigenvalue weighted by atomic mass is 32.2. The average Bonchev–Trinajstić information content (AvgIpc) is 2.87. The molecule has 0 bridgehead atoms. The molecular weight excluding hydrogens is 454 g/mol. The molecule has 2 N–H and O–H groups in total. The molecule has 0 aliphatic carbocycles. The molecule has 0 saturated carbocycles. The fourth-order valence-electron chi connectivity index (χ4n) is 4.06. The van der Waals surface area contributed by atoms with Crippen molar-refractivity contribution >= 4 is 32.4 Å². The maximum atomic E-state index is 13.0. The van der Waals surface area contributed by atoms with Gasteiger partial charge in [0.2, 0.25) is 15.9 Å². The molecule has 3 aromatic carbocycles. The monoisotopic (exact) mass is 483 g/mol. The lowest BCUT2D eigenvalue weighted by atomic mass is 10.00. The number of anilines is 1. The standard InChI is InChI=1S/C25H29N3O5S/c1-18(21-9-5-7-19-6-3-4-8-22(19)21)26-17-25(29)27-23-16-20(10-11-24(23)32-2)34(30,31)28-12-14-33-15-13-28/h3-11,16,18,26H,12-15,17H2,1-2H3,(H,27,29)/t18-/m1/s1. The predicted molar refractivity (Wildman–Crippen MR) is 132 cm³/mol. The highest BCUT2D eigenvalue weighted by Crippen LogP contribution is 2.29. The van der Waals surface area contributed by atoms with Gasteiger partial charge in [-0.1, -0.05) is 42.5 Å². The van der Waals surface area contributed by atoms with Crippen molar-refractivity contribution in [3.63, 3.8) is 0 Å². The van der Waals surface area contributed by atoms with Crippen molar-refractivity contribution in [2.75, 3.05) is 45.3 Å². The smallest absolute Gasteiger partial charge is 0.243 e. The molecule has 1 amide bonds. The molecule has 9 heteroatoms. The molecule has 0 spiro atoms. The minimum atomic E-state index is -3.70. The fraction of sp³-hybridized carbons (Fsp3) is 0.320. The fourth-order valence-corrected chi connectivity index (χ4v) is 5.49. The van der Waals surface area contributed by atoms with Crippen LogP contribution < -0.4 is 15.4 Å². The Balaban J connectivity index is 1.46. The highest BCUT2D eigenvalue weighted by Gasteiger charge is 2.27. The molecular formula is C25H29N3O5S. The van der Waals surface area contributed by atoms with Crippen LogP contribution in [0.1, 0.15) is 18.5 Å². The van der Waals surface area contributed by atoms with E-state index in [2.05, 4.69) is 28.8 Å². The van der Waals surface area contributed by atoms with Gasteiger partial charge in [-0.25, -0.2) is 8.42 Å². The molecule has 0 aromatic heterocycles. The van der Waals surface area contributed by atoms with Gasteiger partial charge in [-0.15, -0.1) is 0 Å². The summed E-state index contributed by atoms with van der Waals surface area (Å²) in [6.07, 6.45) is 0. The maximum absolute atomic E-state index is 13.0. The number of methoxy groups -OCH3 is 1. The zero-order valence-electron chi connectivity index (χ0n) is 19.3. The number of carbonyl (C=O) groups is 1. The van der Waals surface area contributed by atoms with Gasteiger partial charge in [0, 0.05) is 19.1 Å². The Bertz CT molecular complexity index is 1270. The first-order valence-electron chi connectivity index (χ1n) is 11.2. The van der Waals surface area contributed by atoms with Gasteiger partial charge in [0.1, 0.15) is 5.75 Å². The first-order valence-corrected chi connectivity index (χ1v) is 12.6. The summed E-state index contributed by atoms with van der Waals surface area (Å²) in [5.74, 6) is 0.0858. The Kier molecular flexibility index (Phi) is 7.47. The Morgan fingerprint density at radius 1 is 1.09 bits per heavy atom. The zero-order valence-corrected chi connectivity index (χ0v) is 20.1. The lowest BCUT2D eigenvalue weighted by Gasteiger charge is -2.26. The van der Waals surface area contributed by atoms with E-state index >= 15 is 0 Å². The van der Waals surface area contributed by atoms with Crippen molar-refractivity contribution in [1.82, 2.24) is 9.62 Å². The zero-order chi connectivity index (χ0) is 24.1. The van der Waals surface area contributed by atoms with Gasteiger partial charge in [0.05, 0.1) is 37.5 Å². The number of amides is 1. The summed E-state index contributed by atoms with van der Waals surface area (Å²) < 4.78 is 38.0. The predicted octanol–water partition coefficient (Wildman–Crippen LogP) is 3.16. The molecule has 34 heavy (non-hydrogen) atoms. The molecule has 1 fully saturated rings. The van der Waals surface area contributed by atoms with Gasteiger partial charge in [-0.3, -0.25) is 4.79 Å². The van der Waals surface area contributed by atoms with E-state index in [1.807, 2.05) is 31.2 Å². The number of carbonyl (C=O) groups excluding carboxylic acids is 1. The van der Waals surface area contributed by atoms with Crippen LogP contribution in [0.25, 0.3) is 10.8 Å². The van der Waals surface area contributed by atoms with Crippen molar-refractivity contribution in [3.05, 3.63) is 66.2 Å². The van der Waals surface area contributed by atoms with E-state index in [1.54, 1.807) is 6.07 Å². The summed E-state index contributed by atoms with van der Waals surface area (Å²) in [7, 11) is -2.22. The second-order valence-electron chi connectivity index (χ2n) is 8.10. The van der Waals surface area contributed by atoms with Crippen molar-refractivity contribution in [3.8, 4) is 5.75 Å². The quantitative estimate of drug-likeness (QED) is 0.511. The topological polar surface area (TPSA) is 97.0 Å². The maximum Gasteiger partial charge on any atom is 0.243 e. The van der Waals surface area contributed by atoms with Crippen LogP contribution in [0.3, 0.4) is 0 Å². The highest BCUT2D eigenvalue weighted by molar-refractivity contribution is 7.89. The number of benzene rings is 3. The number of hydrogen-bond donors (Lipinski definition) is 2. The lowest BCUT2D eigenvalue weighted by molar-refractivity contribution is -0.115. The van der Waals surface area contributed by atoms with Crippen molar-refractivity contribution in [2.24, 2.45) is 0 Å². The summed E-state index contributed by atoms with van der Waals surface area (Å²) in [6, 6.07) is 18.6. The summed E-state index contributed by atoms with van der Waals surface area (Å²) in [5.41, 5.74) is 1.41. The van der Waals surface area contributed by atoms with Crippen LogP contribution in [0.4, 0.5) is 5.69 Å². The van der Waals surface area contributed by atoms with Crippen LogP contribution in [0.5, 0.6) is 5.75 Å². The third kappa shape index (κ3) is 5.23. The van der Waals surface area contributed by atoms with Crippen LogP contribution in [0.15, 0.2) is 65.6 Å². The molecule has 8 nitrogen and oxygen atoms in total. The summed E-state index contributed by atoms with van der Waals surface area (Å²) >= 11 is 0. The third-order valence-electron chi connectivity index (χ3n) is 5.91. The number of hydrogen-bond acceptors (Lipinski definition) is 6. The number of morpholine rings is 1. The second kappa shape index (κ2) is 10.5. The van der Waals surface area contributed by atoms with Gasteiger partial charge in [-0.05, 0) is 41.5 Å². The first-order chi connectivity index (χ1) is 16.4. The normalized spacial score (nSPS) is 15.7. The van der Waals surface area contributed by atoms with Crippen molar-refractivity contribution in [2.45, 2.75) is 17.9 Å². The molecule has 0 unspecified atom stereocenters. The number of sulfonamides is 1. The number of ether oxygens (including phenoxy) is 2. The third-order valence-corrected chi connectivity index (χ3v) is 7.81. The summed E-state index contributed by atoms with van der Waals surface area (Å²) in [6.45, 7) is 3.37. The Morgan fingerprint density at radius 3 is 2.59 bits per heavy atom.